The van der Waals surface area contributed by atoms with Crippen molar-refractivity contribution >= 4 is 33.4 Å². The van der Waals surface area contributed by atoms with Gasteiger partial charge in [-0.15, -0.1) is 0 Å². The topological polar surface area (TPSA) is 69.3 Å². The highest BCUT2D eigenvalue weighted by molar-refractivity contribution is 6.07. The van der Waals surface area contributed by atoms with Crippen LogP contribution in [0.5, 0.6) is 0 Å². The van der Waals surface area contributed by atoms with E-state index in [0.29, 0.717) is 31.7 Å². The first kappa shape index (κ1) is 21.1. The number of aromatic amines is 1. The number of rotatable bonds is 3. The molecule has 5 aromatic rings. The monoisotopic (exact) mass is 460 g/mol. The van der Waals surface area contributed by atoms with Crippen molar-refractivity contribution in [3.05, 3.63) is 107 Å². The molecule has 6 heteroatoms. The summed E-state index contributed by atoms with van der Waals surface area (Å²) in [5.74, 6) is 0.0104. The predicted octanol–water partition coefficient (Wildman–Crippen LogP) is 4.71. The summed E-state index contributed by atoms with van der Waals surface area (Å²) in [5.41, 5.74) is 4.88. The van der Waals surface area contributed by atoms with Crippen LogP contribution < -0.4 is 10.5 Å². The van der Waals surface area contributed by atoms with Crippen LogP contribution in [0.3, 0.4) is 0 Å². The molecule has 0 spiro atoms. The number of piperazine rings is 1. The zero-order valence-corrected chi connectivity index (χ0v) is 19.1. The number of nitrogens with zero attached hydrogens (tertiary/aromatic N) is 3. The Balaban J connectivity index is 1.30. The maximum Gasteiger partial charge on any atom is 0.254 e. The second-order valence-corrected chi connectivity index (χ2v) is 8.78. The third kappa shape index (κ3) is 3.93. The van der Waals surface area contributed by atoms with E-state index in [4.69, 9.17) is 4.98 Å². The fourth-order valence-electron chi connectivity index (χ4n) is 4.88. The summed E-state index contributed by atoms with van der Waals surface area (Å²) in [7, 11) is 0. The normalized spacial score (nSPS) is 13.9. The van der Waals surface area contributed by atoms with Crippen molar-refractivity contribution in [1.29, 1.82) is 0 Å². The average molecular weight is 461 g/mol. The molecule has 172 valence electrons. The van der Waals surface area contributed by atoms with Gasteiger partial charge in [-0.2, -0.15) is 0 Å². The summed E-state index contributed by atoms with van der Waals surface area (Å²) in [6.45, 7) is 2.48. The van der Waals surface area contributed by atoms with E-state index in [2.05, 4.69) is 9.88 Å². The van der Waals surface area contributed by atoms with Gasteiger partial charge in [0.15, 0.2) is 0 Å². The molecule has 6 rings (SSSR count). The Labute approximate surface area is 202 Å². The van der Waals surface area contributed by atoms with E-state index in [1.54, 1.807) is 6.07 Å². The Kier molecular flexibility index (Phi) is 5.26. The van der Waals surface area contributed by atoms with Crippen LogP contribution in [0.1, 0.15) is 10.4 Å². The SMILES string of the molecule is O=C(c1cc(-c2ccccc2)nc2ccccc12)N1CCN(c2cc(=O)[nH]c3ccccc23)CC1. The third-order valence-corrected chi connectivity index (χ3v) is 6.65. The Bertz CT molecular complexity index is 1600. The quantitative estimate of drug-likeness (QED) is 0.424. The van der Waals surface area contributed by atoms with Crippen molar-refractivity contribution in [2.24, 2.45) is 0 Å². The predicted molar refractivity (Wildman–Crippen MR) is 140 cm³/mol. The largest absolute Gasteiger partial charge is 0.367 e. The summed E-state index contributed by atoms with van der Waals surface area (Å²) >= 11 is 0. The van der Waals surface area contributed by atoms with E-state index in [0.717, 1.165) is 38.8 Å². The van der Waals surface area contributed by atoms with Gasteiger partial charge in [0, 0.05) is 48.6 Å². The lowest BCUT2D eigenvalue weighted by Crippen LogP contribution is -2.49. The highest BCUT2D eigenvalue weighted by Gasteiger charge is 2.25. The van der Waals surface area contributed by atoms with Crippen LogP contribution >= 0.6 is 0 Å². The smallest absolute Gasteiger partial charge is 0.254 e. The van der Waals surface area contributed by atoms with Crippen molar-refractivity contribution in [3.63, 3.8) is 0 Å². The summed E-state index contributed by atoms with van der Waals surface area (Å²) in [4.78, 5) is 37.8. The number of aromatic nitrogens is 2. The number of hydrogen-bond donors (Lipinski definition) is 1. The summed E-state index contributed by atoms with van der Waals surface area (Å²) in [6.07, 6.45) is 0. The van der Waals surface area contributed by atoms with E-state index in [1.807, 2.05) is 89.8 Å². The number of para-hydroxylation sites is 2. The molecule has 0 aliphatic carbocycles. The minimum atomic E-state index is -0.117. The summed E-state index contributed by atoms with van der Waals surface area (Å²) < 4.78 is 0. The van der Waals surface area contributed by atoms with E-state index in [9.17, 15) is 9.59 Å². The van der Waals surface area contributed by atoms with Gasteiger partial charge in [0.2, 0.25) is 5.56 Å². The lowest BCUT2D eigenvalue weighted by atomic mass is 10.0. The molecule has 1 amide bonds. The molecule has 2 aromatic heterocycles. The first-order chi connectivity index (χ1) is 17.2. The van der Waals surface area contributed by atoms with E-state index in [1.165, 1.54) is 0 Å². The second-order valence-electron chi connectivity index (χ2n) is 8.78. The molecule has 1 fully saturated rings. The van der Waals surface area contributed by atoms with E-state index >= 15 is 0 Å². The Hall–Kier alpha value is -4.45. The number of nitrogens with one attached hydrogen (secondary N) is 1. The van der Waals surface area contributed by atoms with Gasteiger partial charge in [0.25, 0.3) is 5.91 Å². The lowest BCUT2D eigenvalue weighted by Gasteiger charge is -2.36. The minimum absolute atomic E-state index is 0.0104. The molecule has 0 atom stereocenters. The maximum absolute atomic E-state index is 13.7. The molecule has 1 aliphatic rings. The van der Waals surface area contributed by atoms with Crippen molar-refractivity contribution in [2.45, 2.75) is 0 Å². The Morgan fingerprint density at radius 2 is 1.46 bits per heavy atom. The van der Waals surface area contributed by atoms with Gasteiger partial charge in [-0.3, -0.25) is 9.59 Å². The number of anilines is 1. The second kappa shape index (κ2) is 8.72. The van der Waals surface area contributed by atoms with Crippen LogP contribution in [0.15, 0.2) is 95.8 Å². The van der Waals surface area contributed by atoms with Crippen LogP contribution in [0, 0.1) is 0 Å². The van der Waals surface area contributed by atoms with Gasteiger partial charge in [0.05, 0.1) is 28.0 Å². The zero-order chi connectivity index (χ0) is 23.8. The van der Waals surface area contributed by atoms with Crippen molar-refractivity contribution in [2.75, 3.05) is 31.1 Å². The van der Waals surface area contributed by atoms with E-state index < -0.39 is 0 Å². The molecule has 0 unspecified atom stereocenters. The van der Waals surface area contributed by atoms with Crippen LogP contribution in [-0.2, 0) is 0 Å². The van der Waals surface area contributed by atoms with Gasteiger partial charge in [-0.1, -0.05) is 66.7 Å². The number of amides is 1. The molecule has 0 bridgehead atoms. The molecule has 0 saturated carbocycles. The highest BCUT2D eigenvalue weighted by Crippen LogP contribution is 2.28. The number of H-pyrrole nitrogens is 1. The molecular formula is C29H24N4O2. The molecule has 3 heterocycles. The molecule has 6 nitrogen and oxygen atoms in total. The van der Waals surface area contributed by atoms with Gasteiger partial charge >= 0.3 is 0 Å². The first-order valence-electron chi connectivity index (χ1n) is 11.8. The third-order valence-electron chi connectivity index (χ3n) is 6.65. The highest BCUT2D eigenvalue weighted by atomic mass is 16.2. The van der Waals surface area contributed by atoms with Crippen molar-refractivity contribution in [1.82, 2.24) is 14.9 Å². The van der Waals surface area contributed by atoms with Gasteiger partial charge in [0.1, 0.15) is 0 Å². The molecule has 3 aromatic carbocycles. The van der Waals surface area contributed by atoms with Crippen LogP contribution in [-0.4, -0.2) is 47.0 Å². The number of benzene rings is 3. The molecule has 1 saturated heterocycles. The number of carbonyl (C=O) groups is 1. The zero-order valence-electron chi connectivity index (χ0n) is 19.1. The average Bonchev–Trinajstić information content (AvgIpc) is 2.92. The molecular weight excluding hydrogens is 436 g/mol. The minimum Gasteiger partial charge on any atom is -0.367 e. The summed E-state index contributed by atoms with van der Waals surface area (Å²) in [6, 6.07) is 29.1. The Morgan fingerprint density at radius 3 is 2.26 bits per heavy atom. The molecule has 1 aliphatic heterocycles. The van der Waals surface area contributed by atoms with Gasteiger partial charge in [-0.05, 0) is 18.2 Å². The number of carbonyl (C=O) groups excluding carboxylic acids is 1. The first-order valence-corrected chi connectivity index (χ1v) is 11.8. The van der Waals surface area contributed by atoms with E-state index in [-0.39, 0.29) is 11.5 Å². The molecule has 1 N–H and O–H groups in total. The fourth-order valence-corrected chi connectivity index (χ4v) is 4.88. The standard InChI is InChI=1S/C29H24N4O2/c34-28-19-27(22-11-5-7-13-25(22)31-28)32-14-16-33(17-15-32)29(35)23-18-26(20-8-2-1-3-9-20)30-24-12-6-4-10-21(23)24/h1-13,18-19H,14-17H2,(H,31,34). The summed E-state index contributed by atoms with van der Waals surface area (Å²) in [5, 5.41) is 1.87. The van der Waals surface area contributed by atoms with Crippen molar-refractivity contribution in [3.8, 4) is 11.3 Å². The van der Waals surface area contributed by atoms with Crippen LogP contribution in [0.25, 0.3) is 33.1 Å². The molecule has 35 heavy (non-hydrogen) atoms. The van der Waals surface area contributed by atoms with Crippen LogP contribution in [0.4, 0.5) is 5.69 Å². The fraction of sp³-hybridized carbons (Fsp3) is 0.138. The van der Waals surface area contributed by atoms with Crippen LogP contribution in [0.2, 0.25) is 0 Å². The number of hydrogen-bond acceptors (Lipinski definition) is 4. The Morgan fingerprint density at radius 1 is 0.771 bits per heavy atom. The molecule has 0 radical (unpaired) electrons. The van der Waals surface area contributed by atoms with Gasteiger partial charge < -0.3 is 14.8 Å². The maximum atomic E-state index is 13.7. The van der Waals surface area contributed by atoms with Gasteiger partial charge in [-0.25, -0.2) is 4.98 Å². The van der Waals surface area contributed by atoms with Crippen molar-refractivity contribution < 1.29 is 4.79 Å². The number of pyridine rings is 2. The number of fused-ring (bicyclic) bond motifs is 2. The lowest BCUT2D eigenvalue weighted by molar-refractivity contribution is 0.0749.